The molecule has 0 aliphatic carbocycles. The Labute approximate surface area is 176 Å². The van der Waals surface area contributed by atoms with Crippen molar-refractivity contribution in [2.24, 2.45) is 0 Å². The number of benzene rings is 3. The van der Waals surface area contributed by atoms with Gasteiger partial charge < -0.3 is 0 Å². The summed E-state index contributed by atoms with van der Waals surface area (Å²) in [7, 11) is -3.40. The zero-order valence-electron chi connectivity index (χ0n) is 16.2. The first-order chi connectivity index (χ1) is 13.8. The third kappa shape index (κ3) is 4.32. The second-order valence-electron chi connectivity index (χ2n) is 7.72. The maximum absolute atomic E-state index is 13.9. The maximum atomic E-state index is 13.9. The van der Waals surface area contributed by atoms with Crippen molar-refractivity contribution in [1.29, 1.82) is 0 Å². The molecule has 3 aromatic rings. The van der Waals surface area contributed by atoms with Crippen LogP contribution in [0.4, 0.5) is 4.39 Å². The lowest BCUT2D eigenvalue weighted by Gasteiger charge is -2.32. The van der Waals surface area contributed by atoms with Gasteiger partial charge in [0.1, 0.15) is 5.82 Å². The van der Waals surface area contributed by atoms with Crippen molar-refractivity contribution in [2.75, 3.05) is 13.1 Å². The van der Waals surface area contributed by atoms with E-state index in [4.69, 9.17) is 11.6 Å². The van der Waals surface area contributed by atoms with Gasteiger partial charge in [-0.1, -0.05) is 41.9 Å². The van der Waals surface area contributed by atoms with Gasteiger partial charge in [0.15, 0.2) is 0 Å². The molecule has 0 spiro atoms. The van der Waals surface area contributed by atoms with Crippen molar-refractivity contribution in [2.45, 2.75) is 31.4 Å². The van der Waals surface area contributed by atoms with Crippen LogP contribution in [0.25, 0.3) is 10.8 Å². The summed E-state index contributed by atoms with van der Waals surface area (Å²) in [5, 5.41) is 2.49. The van der Waals surface area contributed by atoms with Crippen molar-refractivity contribution >= 4 is 32.4 Å². The summed E-state index contributed by atoms with van der Waals surface area (Å²) in [6.45, 7) is 2.99. The standard InChI is InChI=1S/C23H23ClFNO2S/c1-16-5-6-18-7-8-21(25)14-22(18)23(16)19-9-11-26(12-10-19)29(27,28)15-17-3-2-4-20(24)13-17/h2-8,13-14,19H,9-12,15H2,1H3. The molecule has 6 heteroatoms. The summed E-state index contributed by atoms with van der Waals surface area (Å²) in [6, 6.07) is 15.9. The molecule has 0 amide bonds. The lowest BCUT2D eigenvalue weighted by atomic mass is 9.84. The van der Waals surface area contributed by atoms with Crippen LogP contribution >= 0.6 is 11.6 Å². The van der Waals surface area contributed by atoms with E-state index in [1.54, 1.807) is 40.7 Å². The highest BCUT2D eigenvalue weighted by molar-refractivity contribution is 7.88. The molecule has 0 aromatic heterocycles. The molecular weight excluding hydrogens is 409 g/mol. The minimum atomic E-state index is -3.40. The number of halogens is 2. The molecule has 1 aliphatic heterocycles. The summed E-state index contributed by atoms with van der Waals surface area (Å²) in [6.07, 6.45) is 1.45. The summed E-state index contributed by atoms with van der Waals surface area (Å²) in [4.78, 5) is 0. The molecular formula is C23H23ClFNO2S. The van der Waals surface area contributed by atoms with Gasteiger partial charge in [-0.2, -0.15) is 0 Å². The molecule has 0 saturated carbocycles. The summed E-state index contributed by atoms with van der Waals surface area (Å²) in [5.74, 6) is -0.0690. The molecule has 152 valence electrons. The SMILES string of the molecule is Cc1ccc2ccc(F)cc2c1C1CCN(S(=O)(=O)Cc2cccc(Cl)c2)CC1. The first-order valence-electron chi connectivity index (χ1n) is 9.74. The van der Waals surface area contributed by atoms with Crippen LogP contribution in [0.5, 0.6) is 0 Å². The van der Waals surface area contributed by atoms with Crippen molar-refractivity contribution in [3.63, 3.8) is 0 Å². The predicted octanol–water partition coefficient (Wildman–Crippen LogP) is 5.65. The van der Waals surface area contributed by atoms with Crippen LogP contribution in [0.15, 0.2) is 54.6 Å². The summed E-state index contributed by atoms with van der Waals surface area (Å²) < 4.78 is 41.2. The topological polar surface area (TPSA) is 37.4 Å². The molecule has 3 nitrogen and oxygen atoms in total. The van der Waals surface area contributed by atoms with E-state index in [0.29, 0.717) is 23.7 Å². The van der Waals surface area contributed by atoms with Crippen LogP contribution in [-0.4, -0.2) is 25.8 Å². The van der Waals surface area contributed by atoms with Crippen molar-refractivity contribution in [1.82, 2.24) is 4.31 Å². The van der Waals surface area contributed by atoms with Gasteiger partial charge in [0, 0.05) is 18.1 Å². The monoisotopic (exact) mass is 431 g/mol. The highest BCUT2D eigenvalue weighted by Gasteiger charge is 2.30. The quantitative estimate of drug-likeness (QED) is 0.535. The van der Waals surface area contributed by atoms with Crippen LogP contribution in [-0.2, 0) is 15.8 Å². The van der Waals surface area contributed by atoms with Crippen LogP contribution in [0.2, 0.25) is 5.02 Å². The van der Waals surface area contributed by atoms with Crippen molar-refractivity contribution < 1.29 is 12.8 Å². The molecule has 4 rings (SSSR count). The average Bonchev–Trinajstić information content (AvgIpc) is 2.67. The number of aryl methyl sites for hydroxylation is 1. The first kappa shape index (κ1) is 20.3. The van der Waals surface area contributed by atoms with Gasteiger partial charge in [0.2, 0.25) is 10.0 Å². The minimum Gasteiger partial charge on any atom is -0.212 e. The number of sulfonamides is 1. The van der Waals surface area contributed by atoms with Gasteiger partial charge in [0.05, 0.1) is 5.75 Å². The van der Waals surface area contributed by atoms with E-state index >= 15 is 0 Å². The Morgan fingerprint density at radius 3 is 2.52 bits per heavy atom. The molecule has 0 N–H and O–H groups in total. The molecule has 0 atom stereocenters. The normalized spacial score (nSPS) is 16.4. The van der Waals surface area contributed by atoms with Gasteiger partial charge in [-0.15, -0.1) is 0 Å². The minimum absolute atomic E-state index is 0.0449. The molecule has 1 aliphatic rings. The van der Waals surface area contributed by atoms with Gasteiger partial charge in [-0.05, 0) is 77.4 Å². The summed E-state index contributed by atoms with van der Waals surface area (Å²) >= 11 is 5.98. The van der Waals surface area contributed by atoms with E-state index in [0.717, 1.165) is 34.7 Å². The van der Waals surface area contributed by atoms with E-state index in [9.17, 15) is 12.8 Å². The largest absolute Gasteiger partial charge is 0.218 e. The second-order valence-corrected chi connectivity index (χ2v) is 10.1. The van der Waals surface area contributed by atoms with Crippen LogP contribution < -0.4 is 0 Å². The van der Waals surface area contributed by atoms with E-state index in [2.05, 4.69) is 6.07 Å². The van der Waals surface area contributed by atoms with E-state index in [-0.39, 0.29) is 17.5 Å². The van der Waals surface area contributed by atoms with Crippen molar-refractivity contribution in [3.8, 4) is 0 Å². The number of nitrogens with zero attached hydrogens (tertiary/aromatic N) is 1. The molecule has 1 heterocycles. The average molecular weight is 432 g/mol. The van der Waals surface area contributed by atoms with Crippen LogP contribution in [0, 0.1) is 12.7 Å². The third-order valence-corrected chi connectivity index (χ3v) is 7.82. The zero-order chi connectivity index (χ0) is 20.6. The second kappa shape index (κ2) is 8.05. The third-order valence-electron chi connectivity index (χ3n) is 5.74. The lowest BCUT2D eigenvalue weighted by molar-refractivity contribution is 0.319. The molecule has 0 unspecified atom stereocenters. The Bertz CT molecular complexity index is 1150. The van der Waals surface area contributed by atoms with Gasteiger partial charge in [0.25, 0.3) is 0 Å². The Morgan fingerprint density at radius 2 is 1.79 bits per heavy atom. The highest BCUT2D eigenvalue weighted by Crippen LogP contribution is 2.36. The van der Waals surface area contributed by atoms with Gasteiger partial charge in [-0.25, -0.2) is 17.1 Å². The van der Waals surface area contributed by atoms with Crippen molar-refractivity contribution in [3.05, 3.63) is 82.1 Å². The summed E-state index contributed by atoms with van der Waals surface area (Å²) in [5.41, 5.74) is 2.97. The fourth-order valence-electron chi connectivity index (χ4n) is 4.32. The van der Waals surface area contributed by atoms with Crippen LogP contribution in [0.1, 0.15) is 35.4 Å². The smallest absolute Gasteiger partial charge is 0.212 e. The van der Waals surface area contributed by atoms with E-state index in [1.807, 2.05) is 13.0 Å². The number of hydrogen-bond acceptors (Lipinski definition) is 2. The first-order valence-corrected chi connectivity index (χ1v) is 11.7. The van der Waals surface area contributed by atoms with Gasteiger partial charge in [-0.3, -0.25) is 0 Å². The molecule has 29 heavy (non-hydrogen) atoms. The van der Waals surface area contributed by atoms with E-state index in [1.165, 1.54) is 6.07 Å². The van der Waals surface area contributed by atoms with E-state index < -0.39 is 10.0 Å². The fraction of sp³-hybridized carbons (Fsp3) is 0.304. The number of piperidine rings is 1. The highest BCUT2D eigenvalue weighted by atomic mass is 35.5. The molecule has 3 aromatic carbocycles. The Hall–Kier alpha value is -1.95. The van der Waals surface area contributed by atoms with Crippen LogP contribution in [0.3, 0.4) is 0 Å². The van der Waals surface area contributed by atoms with Gasteiger partial charge >= 0.3 is 0 Å². The molecule has 0 radical (unpaired) electrons. The Morgan fingerprint density at radius 1 is 1.07 bits per heavy atom. The molecule has 0 bridgehead atoms. The number of fused-ring (bicyclic) bond motifs is 1. The molecule has 1 fully saturated rings. The maximum Gasteiger partial charge on any atom is 0.218 e. The predicted molar refractivity (Wildman–Crippen MR) is 116 cm³/mol. The lowest BCUT2D eigenvalue weighted by Crippen LogP contribution is -2.38. The Balaban J connectivity index is 1.53. The zero-order valence-corrected chi connectivity index (χ0v) is 17.8. The molecule has 1 saturated heterocycles. The number of hydrogen-bond donors (Lipinski definition) is 0. The fourth-order valence-corrected chi connectivity index (χ4v) is 6.08. The number of rotatable bonds is 4. The Kier molecular flexibility index (Phi) is 5.65.